The molecule has 158 valence electrons. The third-order valence-corrected chi connectivity index (χ3v) is 5.85. The average molecular weight is 399 g/mol. The van der Waals surface area contributed by atoms with Crippen molar-refractivity contribution in [1.82, 2.24) is 20.0 Å². The number of aromatic amines is 1. The second-order valence-electron chi connectivity index (χ2n) is 7.95. The summed E-state index contributed by atoms with van der Waals surface area (Å²) in [5.41, 5.74) is 2.41. The zero-order valence-corrected chi connectivity index (χ0v) is 17.8. The summed E-state index contributed by atoms with van der Waals surface area (Å²) in [6.07, 6.45) is 8.42. The van der Waals surface area contributed by atoms with Crippen molar-refractivity contribution in [3.05, 3.63) is 47.8 Å². The van der Waals surface area contributed by atoms with Crippen LogP contribution in [-0.4, -0.2) is 65.7 Å². The van der Waals surface area contributed by atoms with Gasteiger partial charge >= 0.3 is 0 Å². The topological polar surface area (TPSA) is 61.5 Å². The number of piperidine rings is 1. The third-order valence-electron chi connectivity index (χ3n) is 5.85. The van der Waals surface area contributed by atoms with E-state index in [1.165, 1.54) is 18.4 Å². The Morgan fingerprint density at radius 3 is 3.00 bits per heavy atom. The molecule has 0 saturated carbocycles. The zero-order chi connectivity index (χ0) is 20.5. The van der Waals surface area contributed by atoms with E-state index in [9.17, 15) is 4.79 Å². The predicted molar refractivity (Wildman–Crippen MR) is 115 cm³/mol. The molecule has 1 aromatic heterocycles. The summed E-state index contributed by atoms with van der Waals surface area (Å²) >= 11 is 0. The molecule has 1 fully saturated rings. The maximum Gasteiger partial charge on any atom is 0.222 e. The van der Waals surface area contributed by atoms with Crippen LogP contribution in [0.1, 0.15) is 37.3 Å². The van der Waals surface area contributed by atoms with Gasteiger partial charge in [0.05, 0.1) is 13.3 Å². The highest BCUT2D eigenvalue weighted by atomic mass is 16.5. The number of methoxy groups -OCH3 is 1. The van der Waals surface area contributed by atoms with Crippen LogP contribution in [0.15, 0.2) is 36.7 Å². The molecule has 2 aromatic rings. The largest absolute Gasteiger partial charge is 0.497 e. The number of carbonyl (C=O) groups excluding carboxylic acids is 1. The molecule has 2 heterocycles. The quantitative estimate of drug-likeness (QED) is 0.668. The van der Waals surface area contributed by atoms with Crippen LogP contribution in [0.3, 0.4) is 0 Å². The summed E-state index contributed by atoms with van der Waals surface area (Å²) in [5, 5.41) is 6.76. The average Bonchev–Trinajstić information content (AvgIpc) is 3.28. The van der Waals surface area contributed by atoms with Crippen molar-refractivity contribution in [2.45, 2.75) is 39.0 Å². The molecule has 0 radical (unpaired) electrons. The Balaban J connectivity index is 1.45. The summed E-state index contributed by atoms with van der Waals surface area (Å²) in [6.45, 7) is 7.03. The van der Waals surface area contributed by atoms with E-state index in [-0.39, 0.29) is 5.91 Å². The number of aromatic nitrogens is 2. The fourth-order valence-electron chi connectivity index (χ4n) is 4.16. The van der Waals surface area contributed by atoms with Gasteiger partial charge in [-0.25, -0.2) is 0 Å². The molecule has 1 N–H and O–H groups in total. The standard InChI is InChI=1S/C23H34N4O2/c1-3-27(23(28)10-9-20-15-24-25-16-20)18-21-7-5-12-26(17-21)13-11-19-6-4-8-22(14-19)29-2/h4,6,8,14-16,21H,3,5,7,9-13,17-18H2,1-2H3,(H,24,25). The van der Waals surface area contributed by atoms with Crippen molar-refractivity contribution in [2.75, 3.05) is 39.8 Å². The van der Waals surface area contributed by atoms with Gasteiger partial charge < -0.3 is 14.5 Å². The monoisotopic (exact) mass is 398 g/mol. The molecule has 3 rings (SSSR count). The smallest absolute Gasteiger partial charge is 0.222 e. The summed E-state index contributed by atoms with van der Waals surface area (Å²) in [6, 6.07) is 8.34. The van der Waals surface area contributed by atoms with Crippen LogP contribution in [0.4, 0.5) is 0 Å². The molecule has 29 heavy (non-hydrogen) atoms. The van der Waals surface area contributed by atoms with Crippen molar-refractivity contribution >= 4 is 5.91 Å². The number of rotatable bonds is 10. The molecule has 1 saturated heterocycles. The Bertz CT molecular complexity index is 747. The van der Waals surface area contributed by atoms with E-state index in [4.69, 9.17) is 4.74 Å². The molecule has 0 spiro atoms. The number of ether oxygens (including phenoxy) is 1. The van der Waals surface area contributed by atoms with E-state index in [0.717, 1.165) is 56.9 Å². The van der Waals surface area contributed by atoms with E-state index < -0.39 is 0 Å². The van der Waals surface area contributed by atoms with Gasteiger partial charge in [-0.15, -0.1) is 0 Å². The maximum absolute atomic E-state index is 12.7. The van der Waals surface area contributed by atoms with Crippen molar-refractivity contribution in [3.8, 4) is 5.75 Å². The summed E-state index contributed by atoms with van der Waals surface area (Å²) in [5.74, 6) is 1.74. The second-order valence-corrected chi connectivity index (χ2v) is 7.95. The van der Waals surface area contributed by atoms with Gasteiger partial charge in [-0.3, -0.25) is 9.89 Å². The summed E-state index contributed by atoms with van der Waals surface area (Å²) in [4.78, 5) is 17.3. The number of hydrogen-bond acceptors (Lipinski definition) is 4. The Hall–Kier alpha value is -2.34. The fourth-order valence-corrected chi connectivity index (χ4v) is 4.16. The highest BCUT2D eigenvalue weighted by Gasteiger charge is 2.23. The minimum atomic E-state index is 0.252. The van der Waals surface area contributed by atoms with Gasteiger partial charge in [0.1, 0.15) is 5.75 Å². The van der Waals surface area contributed by atoms with Crippen LogP contribution in [-0.2, 0) is 17.6 Å². The maximum atomic E-state index is 12.7. The zero-order valence-electron chi connectivity index (χ0n) is 17.8. The van der Waals surface area contributed by atoms with Gasteiger partial charge in [-0.2, -0.15) is 5.10 Å². The number of aryl methyl sites for hydroxylation is 1. The van der Waals surface area contributed by atoms with Crippen molar-refractivity contribution in [2.24, 2.45) is 5.92 Å². The third kappa shape index (κ3) is 6.60. The Labute approximate surface area is 174 Å². The van der Waals surface area contributed by atoms with Crippen molar-refractivity contribution in [1.29, 1.82) is 0 Å². The number of carbonyl (C=O) groups is 1. The molecule has 1 aliphatic rings. The molecule has 1 aliphatic heterocycles. The lowest BCUT2D eigenvalue weighted by Gasteiger charge is -2.35. The molecule has 0 bridgehead atoms. The molecule has 6 heteroatoms. The molecule has 1 unspecified atom stereocenters. The van der Waals surface area contributed by atoms with Crippen molar-refractivity contribution < 1.29 is 9.53 Å². The number of likely N-dealkylation sites (tertiary alicyclic amines) is 1. The SMILES string of the molecule is CCN(CC1CCCN(CCc2cccc(OC)c2)C1)C(=O)CCc1cn[nH]c1. The number of nitrogens with zero attached hydrogens (tertiary/aromatic N) is 3. The van der Waals surface area contributed by atoms with Crippen LogP contribution < -0.4 is 4.74 Å². The minimum absolute atomic E-state index is 0.252. The normalized spacial score (nSPS) is 17.2. The van der Waals surface area contributed by atoms with Gasteiger partial charge in [0.25, 0.3) is 0 Å². The minimum Gasteiger partial charge on any atom is -0.497 e. The van der Waals surface area contributed by atoms with Crippen molar-refractivity contribution in [3.63, 3.8) is 0 Å². The molecule has 0 aliphatic carbocycles. The van der Waals surface area contributed by atoms with Crippen LogP contribution in [0, 0.1) is 5.92 Å². The highest BCUT2D eigenvalue weighted by Crippen LogP contribution is 2.20. The first kappa shape index (κ1) is 21.4. The van der Waals surface area contributed by atoms with E-state index in [2.05, 4.69) is 40.2 Å². The van der Waals surface area contributed by atoms with Crippen LogP contribution >= 0.6 is 0 Å². The lowest BCUT2D eigenvalue weighted by molar-refractivity contribution is -0.131. The van der Waals surface area contributed by atoms with Gasteiger partial charge in [-0.1, -0.05) is 12.1 Å². The lowest BCUT2D eigenvalue weighted by Crippen LogP contribution is -2.43. The number of H-pyrrole nitrogens is 1. The van der Waals surface area contributed by atoms with Gasteiger partial charge in [-0.05, 0) is 68.3 Å². The van der Waals surface area contributed by atoms with E-state index in [0.29, 0.717) is 12.3 Å². The molecular weight excluding hydrogens is 364 g/mol. The Morgan fingerprint density at radius 1 is 1.34 bits per heavy atom. The van der Waals surface area contributed by atoms with Crippen LogP contribution in [0.5, 0.6) is 5.75 Å². The Morgan fingerprint density at radius 2 is 2.24 bits per heavy atom. The molecule has 1 aromatic carbocycles. The number of hydrogen-bond donors (Lipinski definition) is 1. The van der Waals surface area contributed by atoms with Gasteiger partial charge in [0, 0.05) is 38.8 Å². The predicted octanol–water partition coefficient (Wildman–Crippen LogP) is 3.15. The van der Waals surface area contributed by atoms with E-state index >= 15 is 0 Å². The summed E-state index contributed by atoms with van der Waals surface area (Å²) < 4.78 is 5.33. The molecule has 1 amide bonds. The first-order chi connectivity index (χ1) is 14.2. The lowest BCUT2D eigenvalue weighted by atomic mass is 9.96. The number of benzene rings is 1. The van der Waals surface area contributed by atoms with Crippen LogP contribution in [0.2, 0.25) is 0 Å². The fraction of sp³-hybridized carbons (Fsp3) is 0.565. The first-order valence-electron chi connectivity index (χ1n) is 10.8. The number of amides is 1. The Kier molecular flexibility index (Phi) is 8.11. The van der Waals surface area contributed by atoms with E-state index in [1.807, 2.05) is 17.2 Å². The van der Waals surface area contributed by atoms with E-state index in [1.54, 1.807) is 13.3 Å². The molecule has 6 nitrogen and oxygen atoms in total. The molecular formula is C23H34N4O2. The highest BCUT2D eigenvalue weighted by molar-refractivity contribution is 5.76. The van der Waals surface area contributed by atoms with Crippen LogP contribution in [0.25, 0.3) is 0 Å². The van der Waals surface area contributed by atoms with Gasteiger partial charge in [0.15, 0.2) is 0 Å². The second kappa shape index (κ2) is 11.0. The summed E-state index contributed by atoms with van der Waals surface area (Å²) in [7, 11) is 1.71. The molecule has 1 atom stereocenters. The first-order valence-corrected chi connectivity index (χ1v) is 10.8. The van der Waals surface area contributed by atoms with Gasteiger partial charge in [0.2, 0.25) is 5.91 Å². The number of nitrogens with one attached hydrogen (secondary N) is 1.